The Morgan fingerprint density at radius 2 is 2.04 bits per heavy atom. The zero-order valence-electron chi connectivity index (χ0n) is 12.9. The van der Waals surface area contributed by atoms with E-state index in [0.717, 1.165) is 12.1 Å². The number of anilines is 1. The molecule has 1 aromatic rings. The normalized spacial score (nSPS) is 22.6. The number of halogens is 2. The van der Waals surface area contributed by atoms with Crippen LogP contribution in [0.3, 0.4) is 0 Å². The quantitative estimate of drug-likeness (QED) is 0.751. The van der Waals surface area contributed by atoms with Gasteiger partial charge < -0.3 is 14.6 Å². The van der Waals surface area contributed by atoms with E-state index in [1.165, 1.54) is 12.1 Å². The summed E-state index contributed by atoms with van der Waals surface area (Å²) in [6, 6.07) is 3.48. The highest BCUT2D eigenvalue weighted by Crippen LogP contribution is 2.37. The van der Waals surface area contributed by atoms with Crippen LogP contribution in [-0.2, 0) is 24.3 Å². The fourth-order valence-electron chi connectivity index (χ4n) is 2.91. The molecule has 2 N–H and O–H groups in total. The number of nitrogens with one attached hydrogen (secondary N) is 1. The first-order valence-corrected chi connectivity index (χ1v) is 9.77. The summed E-state index contributed by atoms with van der Waals surface area (Å²) in [5.41, 5.74) is -0.182. The highest BCUT2D eigenvalue weighted by Gasteiger charge is 2.45. The first-order valence-electron chi connectivity index (χ1n) is 7.43. The molecule has 25 heavy (non-hydrogen) atoms. The molecule has 1 unspecified atom stereocenters. The van der Waals surface area contributed by atoms with E-state index < -0.39 is 32.8 Å². The van der Waals surface area contributed by atoms with Crippen LogP contribution in [0.1, 0.15) is 12.8 Å². The minimum absolute atomic E-state index is 0.0201. The van der Waals surface area contributed by atoms with Crippen molar-refractivity contribution in [3.8, 4) is 0 Å². The van der Waals surface area contributed by atoms with E-state index in [-0.39, 0.29) is 28.6 Å². The van der Waals surface area contributed by atoms with Gasteiger partial charge in [0.15, 0.2) is 5.79 Å². The van der Waals surface area contributed by atoms with Gasteiger partial charge in [-0.2, -0.15) is 0 Å². The van der Waals surface area contributed by atoms with Crippen molar-refractivity contribution in [2.75, 3.05) is 17.9 Å². The van der Waals surface area contributed by atoms with Crippen molar-refractivity contribution in [1.82, 2.24) is 0 Å². The summed E-state index contributed by atoms with van der Waals surface area (Å²) in [5.74, 6) is -3.06. The number of rotatable bonds is 4. The Kier molecular flexibility index (Phi) is 4.89. The first kappa shape index (κ1) is 18.3. The Morgan fingerprint density at radius 3 is 2.64 bits per heavy atom. The van der Waals surface area contributed by atoms with E-state index >= 15 is 0 Å². The van der Waals surface area contributed by atoms with Gasteiger partial charge in [0.25, 0.3) is 0 Å². The van der Waals surface area contributed by atoms with Crippen molar-refractivity contribution < 1.29 is 32.2 Å². The zero-order chi connectivity index (χ0) is 18.2. The molecule has 1 aromatic carbocycles. The average Bonchev–Trinajstić information content (AvgIpc) is 2.97. The Labute approximate surface area is 152 Å². The van der Waals surface area contributed by atoms with Gasteiger partial charge in [-0.3, -0.25) is 4.72 Å². The highest BCUT2D eigenvalue weighted by molar-refractivity contribution is 9.10. The molecule has 0 aromatic heterocycles. The molecule has 136 valence electrons. The molecular formula is C15H15BrFNO6S. The molecule has 1 heterocycles. The van der Waals surface area contributed by atoms with E-state index in [0.29, 0.717) is 13.2 Å². The Balaban J connectivity index is 1.92. The summed E-state index contributed by atoms with van der Waals surface area (Å²) in [4.78, 5) is 11.6. The van der Waals surface area contributed by atoms with Crippen LogP contribution < -0.4 is 4.72 Å². The molecular weight excluding hydrogens is 421 g/mol. The topological polar surface area (TPSA) is 102 Å². The Hall–Kier alpha value is -1.49. The van der Waals surface area contributed by atoms with Crippen molar-refractivity contribution in [2.45, 2.75) is 23.9 Å². The number of aliphatic carboxylic acids is 1. The van der Waals surface area contributed by atoms with Gasteiger partial charge in [-0.15, -0.1) is 0 Å². The number of benzene rings is 1. The lowest BCUT2D eigenvalue weighted by Crippen LogP contribution is -2.41. The van der Waals surface area contributed by atoms with Gasteiger partial charge in [0.05, 0.1) is 24.5 Å². The van der Waals surface area contributed by atoms with E-state index in [1.807, 2.05) is 0 Å². The number of hydrogen-bond acceptors (Lipinski definition) is 5. The largest absolute Gasteiger partial charge is 0.478 e. The molecule has 3 rings (SSSR count). The number of sulfonamides is 1. The SMILES string of the molecule is O=C(O)C1=CC2(CCC1S(=O)(=O)Nc1ccc(F)cc1Br)OCCO2. The van der Waals surface area contributed by atoms with E-state index in [9.17, 15) is 22.7 Å². The molecule has 0 saturated carbocycles. The fourth-order valence-corrected chi connectivity index (χ4v) is 5.05. The Morgan fingerprint density at radius 1 is 1.36 bits per heavy atom. The van der Waals surface area contributed by atoms with Crippen LogP contribution in [0.5, 0.6) is 0 Å². The maximum Gasteiger partial charge on any atom is 0.332 e. The van der Waals surface area contributed by atoms with Crippen molar-refractivity contribution >= 4 is 37.6 Å². The zero-order valence-corrected chi connectivity index (χ0v) is 15.3. The summed E-state index contributed by atoms with van der Waals surface area (Å²) in [5, 5.41) is 8.16. The molecule has 10 heteroatoms. The van der Waals surface area contributed by atoms with E-state index in [1.54, 1.807) is 0 Å². The first-order chi connectivity index (χ1) is 11.7. The minimum Gasteiger partial charge on any atom is -0.478 e. The lowest BCUT2D eigenvalue weighted by atomic mass is 9.94. The van der Waals surface area contributed by atoms with Crippen LogP contribution >= 0.6 is 15.9 Å². The second-order valence-electron chi connectivity index (χ2n) is 5.71. The van der Waals surface area contributed by atoms with Gasteiger partial charge in [-0.25, -0.2) is 17.6 Å². The third kappa shape index (κ3) is 3.71. The van der Waals surface area contributed by atoms with Crippen LogP contribution in [0.2, 0.25) is 0 Å². The number of hydrogen-bond donors (Lipinski definition) is 2. The molecule has 0 radical (unpaired) electrons. The summed E-state index contributed by atoms with van der Waals surface area (Å²) in [7, 11) is -4.07. The van der Waals surface area contributed by atoms with Gasteiger partial charge in [0.1, 0.15) is 11.1 Å². The molecule has 1 spiro atoms. The van der Waals surface area contributed by atoms with E-state index in [4.69, 9.17) is 9.47 Å². The van der Waals surface area contributed by atoms with Crippen molar-refractivity contribution in [1.29, 1.82) is 0 Å². The standard InChI is InChI=1S/C15H15BrFNO6S/c16-11-7-9(17)1-2-12(11)18-25(21,22)13-3-4-15(23-5-6-24-15)8-10(13)14(19)20/h1-2,7-8,13,18H,3-6H2,(H,19,20). The molecule has 0 bridgehead atoms. The van der Waals surface area contributed by atoms with Crippen LogP contribution in [0, 0.1) is 5.82 Å². The van der Waals surface area contributed by atoms with Crippen molar-refractivity contribution in [3.63, 3.8) is 0 Å². The number of carboxylic acids is 1. The molecule has 1 saturated heterocycles. The van der Waals surface area contributed by atoms with Gasteiger partial charge in [-0.05, 0) is 46.6 Å². The van der Waals surface area contributed by atoms with Crippen LogP contribution in [0.25, 0.3) is 0 Å². The van der Waals surface area contributed by atoms with Crippen molar-refractivity contribution in [2.24, 2.45) is 0 Å². The van der Waals surface area contributed by atoms with Gasteiger partial charge >= 0.3 is 5.97 Å². The summed E-state index contributed by atoms with van der Waals surface area (Å²) < 4.78 is 52.0. The Bertz CT molecular complexity index is 834. The number of carbonyl (C=O) groups is 1. The van der Waals surface area contributed by atoms with Crippen LogP contribution in [0.15, 0.2) is 34.3 Å². The molecule has 7 nitrogen and oxygen atoms in total. The molecule has 0 amide bonds. The second-order valence-corrected chi connectivity index (χ2v) is 8.43. The molecule has 1 aliphatic carbocycles. The maximum absolute atomic E-state index is 13.2. The number of carboxylic acid groups (broad SMARTS) is 1. The molecule has 1 fully saturated rings. The van der Waals surface area contributed by atoms with Gasteiger partial charge in [-0.1, -0.05) is 0 Å². The number of ether oxygens (including phenoxy) is 2. The second kappa shape index (κ2) is 6.67. The third-order valence-corrected chi connectivity index (χ3v) is 6.46. The van der Waals surface area contributed by atoms with Gasteiger partial charge in [0.2, 0.25) is 10.0 Å². The summed E-state index contributed by atoms with van der Waals surface area (Å²) in [6.07, 6.45) is 1.47. The lowest BCUT2D eigenvalue weighted by molar-refractivity contribution is -0.138. The maximum atomic E-state index is 13.2. The predicted octanol–water partition coefficient (Wildman–Crippen LogP) is 2.25. The summed E-state index contributed by atoms with van der Waals surface area (Å²) in [6.45, 7) is 0.642. The summed E-state index contributed by atoms with van der Waals surface area (Å²) >= 11 is 3.08. The lowest BCUT2D eigenvalue weighted by Gasteiger charge is -2.32. The predicted molar refractivity (Wildman–Crippen MR) is 90.0 cm³/mol. The average molecular weight is 436 g/mol. The van der Waals surface area contributed by atoms with Crippen molar-refractivity contribution in [3.05, 3.63) is 40.1 Å². The van der Waals surface area contributed by atoms with Gasteiger partial charge in [0, 0.05) is 10.9 Å². The molecule has 2 aliphatic rings. The fraction of sp³-hybridized carbons (Fsp3) is 0.400. The third-order valence-electron chi connectivity index (χ3n) is 4.06. The highest BCUT2D eigenvalue weighted by atomic mass is 79.9. The minimum atomic E-state index is -4.07. The molecule has 1 atom stereocenters. The molecule has 1 aliphatic heterocycles. The monoisotopic (exact) mass is 435 g/mol. The smallest absolute Gasteiger partial charge is 0.332 e. The van der Waals surface area contributed by atoms with Crippen LogP contribution in [0.4, 0.5) is 10.1 Å². The van der Waals surface area contributed by atoms with E-state index in [2.05, 4.69) is 20.7 Å². The van der Waals surface area contributed by atoms with Crippen LogP contribution in [-0.4, -0.2) is 43.7 Å².